The number of hydrogen-bond acceptors (Lipinski definition) is 3. The zero-order chi connectivity index (χ0) is 19.0. The SMILES string of the molecule is CC(C)(C)c1cc(C#N)ccc1OC1CC(O[Si](C)(C)C(C)(C)C)C1. The van der Waals surface area contributed by atoms with Crippen LogP contribution in [0.2, 0.25) is 18.1 Å². The van der Waals surface area contributed by atoms with E-state index in [0.29, 0.717) is 11.7 Å². The Morgan fingerprint density at radius 3 is 2.12 bits per heavy atom. The first-order valence-corrected chi connectivity index (χ1v) is 12.1. The summed E-state index contributed by atoms with van der Waals surface area (Å²) in [5.41, 5.74) is 1.73. The first-order valence-electron chi connectivity index (χ1n) is 9.22. The Morgan fingerprint density at radius 2 is 1.64 bits per heavy atom. The highest BCUT2D eigenvalue weighted by atomic mass is 28.4. The van der Waals surface area contributed by atoms with Crippen molar-refractivity contribution in [2.75, 3.05) is 0 Å². The number of nitrogens with zero attached hydrogens (tertiary/aromatic N) is 1. The summed E-state index contributed by atoms with van der Waals surface area (Å²) in [7, 11) is -1.70. The van der Waals surface area contributed by atoms with E-state index in [9.17, 15) is 0 Å². The summed E-state index contributed by atoms with van der Waals surface area (Å²) in [4.78, 5) is 0. The third kappa shape index (κ3) is 4.65. The first-order chi connectivity index (χ1) is 11.3. The van der Waals surface area contributed by atoms with Gasteiger partial charge in [-0.1, -0.05) is 41.5 Å². The standard InChI is InChI=1S/C21H33NO2Si/c1-20(2,3)18-11-15(14-22)9-10-19(18)23-16-12-17(13-16)24-25(7,8)21(4,5)6/h9-11,16-17H,12-13H2,1-8H3. The molecule has 1 aromatic rings. The van der Waals surface area contributed by atoms with E-state index in [4.69, 9.17) is 14.4 Å². The van der Waals surface area contributed by atoms with Gasteiger partial charge in [-0.15, -0.1) is 0 Å². The molecule has 0 heterocycles. The molecule has 0 unspecified atom stereocenters. The molecule has 0 bridgehead atoms. The summed E-state index contributed by atoms with van der Waals surface area (Å²) >= 11 is 0. The van der Waals surface area contributed by atoms with Crippen molar-refractivity contribution in [3.05, 3.63) is 29.3 Å². The topological polar surface area (TPSA) is 42.2 Å². The van der Waals surface area contributed by atoms with Crippen LogP contribution in [0.1, 0.15) is 65.5 Å². The molecule has 1 aliphatic rings. The molecule has 1 aromatic carbocycles. The lowest BCUT2D eigenvalue weighted by molar-refractivity contribution is -0.00390. The van der Waals surface area contributed by atoms with Crippen LogP contribution < -0.4 is 4.74 Å². The smallest absolute Gasteiger partial charge is 0.192 e. The third-order valence-electron chi connectivity index (χ3n) is 5.53. The Morgan fingerprint density at radius 1 is 1.04 bits per heavy atom. The zero-order valence-electron chi connectivity index (χ0n) is 17.1. The number of hydrogen-bond donors (Lipinski definition) is 0. The van der Waals surface area contributed by atoms with Gasteiger partial charge in [-0.2, -0.15) is 5.26 Å². The summed E-state index contributed by atoms with van der Waals surface area (Å²) in [6.45, 7) is 17.9. The lowest BCUT2D eigenvalue weighted by atomic mass is 9.85. The summed E-state index contributed by atoms with van der Waals surface area (Å²) in [6, 6.07) is 7.97. The molecule has 0 aliphatic heterocycles. The van der Waals surface area contributed by atoms with Crippen LogP contribution in [0.15, 0.2) is 18.2 Å². The molecule has 0 spiro atoms. The molecule has 1 saturated carbocycles. The number of ether oxygens (including phenoxy) is 1. The van der Waals surface area contributed by atoms with Crippen molar-refractivity contribution in [1.29, 1.82) is 5.26 Å². The zero-order valence-corrected chi connectivity index (χ0v) is 18.1. The molecule has 0 amide bonds. The molecule has 4 heteroatoms. The Hall–Kier alpha value is -1.31. The molecule has 3 nitrogen and oxygen atoms in total. The van der Waals surface area contributed by atoms with Crippen molar-refractivity contribution < 1.29 is 9.16 Å². The van der Waals surface area contributed by atoms with Crippen molar-refractivity contribution in [2.24, 2.45) is 0 Å². The van der Waals surface area contributed by atoms with Gasteiger partial charge >= 0.3 is 0 Å². The second kappa shape index (κ2) is 6.77. The van der Waals surface area contributed by atoms with E-state index in [1.54, 1.807) is 0 Å². The van der Waals surface area contributed by atoms with Crippen LogP contribution in [0, 0.1) is 11.3 Å². The fourth-order valence-electron chi connectivity index (χ4n) is 2.77. The van der Waals surface area contributed by atoms with Gasteiger partial charge in [0.05, 0.1) is 17.7 Å². The number of rotatable bonds is 4. The molecule has 1 aliphatic carbocycles. The van der Waals surface area contributed by atoms with Gasteiger partial charge in [0.25, 0.3) is 0 Å². The fraction of sp³-hybridized carbons (Fsp3) is 0.667. The maximum Gasteiger partial charge on any atom is 0.192 e. The number of benzene rings is 1. The van der Waals surface area contributed by atoms with Crippen LogP contribution in [-0.4, -0.2) is 20.5 Å². The second-order valence-electron chi connectivity index (χ2n) is 9.78. The minimum absolute atomic E-state index is 0.0526. The fourth-order valence-corrected chi connectivity index (χ4v) is 4.15. The molecule has 0 radical (unpaired) electrons. The van der Waals surface area contributed by atoms with Crippen LogP contribution >= 0.6 is 0 Å². The van der Waals surface area contributed by atoms with Crippen LogP contribution in [0.3, 0.4) is 0 Å². The van der Waals surface area contributed by atoms with Crippen molar-refractivity contribution in [3.8, 4) is 11.8 Å². The molecule has 0 aromatic heterocycles. The average Bonchev–Trinajstić information content (AvgIpc) is 2.42. The van der Waals surface area contributed by atoms with E-state index in [0.717, 1.165) is 24.2 Å². The highest BCUT2D eigenvalue weighted by molar-refractivity contribution is 6.74. The highest BCUT2D eigenvalue weighted by Gasteiger charge is 2.43. The van der Waals surface area contributed by atoms with E-state index < -0.39 is 8.32 Å². The van der Waals surface area contributed by atoms with Gasteiger partial charge < -0.3 is 9.16 Å². The molecule has 2 rings (SSSR count). The van der Waals surface area contributed by atoms with Gasteiger partial charge in [0.2, 0.25) is 0 Å². The highest BCUT2D eigenvalue weighted by Crippen LogP contribution is 2.41. The van der Waals surface area contributed by atoms with E-state index in [2.05, 4.69) is 60.7 Å². The molecule has 0 N–H and O–H groups in total. The average molecular weight is 360 g/mol. The van der Waals surface area contributed by atoms with Crippen molar-refractivity contribution in [1.82, 2.24) is 0 Å². The van der Waals surface area contributed by atoms with Crippen LogP contribution in [0.5, 0.6) is 5.75 Å². The Kier molecular flexibility index (Phi) is 5.42. The normalized spacial score (nSPS) is 21.4. The van der Waals surface area contributed by atoms with Crippen molar-refractivity contribution in [3.63, 3.8) is 0 Å². The Labute approximate surface area is 154 Å². The van der Waals surface area contributed by atoms with E-state index in [-0.39, 0.29) is 16.6 Å². The minimum atomic E-state index is -1.70. The summed E-state index contributed by atoms with van der Waals surface area (Å²) < 4.78 is 12.7. The van der Waals surface area contributed by atoms with Gasteiger partial charge in [-0.05, 0) is 41.7 Å². The lowest BCUT2D eigenvalue weighted by Gasteiger charge is -2.44. The molecular formula is C21H33NO2Si. The summed E-state index contributed by atoms with van der Waals surface area (Å²) in [5.74, 6) is 0.905. The van der Waals surface area contributed by atoms with Gasteiger partial charge in [0, 0.05) is 18.4 Å². The Balaban J connectivity index is 2.01. The van der Waals surface area contributed by atoms with Crippen LogP contribution in [-0.2, 0) is 9.84 Å². The first kappa shape index (κ1) is 20.0. The summed E-state index contributed by atoms with van der Waals surface area (Å²) in [6.07, 6.45) is 2.44. The van der Waals surface area contributed by atoms with Crippen molar-refractivity contribution in [2.45, 2.75) is 90.1 Å². The Bertz CT molecular complexity index is 656. The molecule has 25 heavy (non-hydrogen) atoms. The molecular weight excluding hydrogens is 326 g/mol. The second-order valence-corrected chi connectivity index (χ2v) is 14.5. The third-order valence-corrected chi connectivity index (χ3v) is 10.1. The van der Waals surface area contributed by atoms with Gasteiger partial charge in [-0.3, -0.25) is 0 Å². The van der Waals surface area contributed by atoms with Crippen LogP contribution in [0.4, 0.5) is 0 Å². The van der Waals surface area contributed by atoms with E-state index in [1.165, 1.54) is 0 Å². The maximum absolute atomic E-state index is 9.16. The predicted molar refractivity (Wildman–Crippen MR) is 106 cm³/mol. The maximum atomic E-state index is 9.16. The summed E-state index contributed by atoms with van der Waals surface area (Å²) in [5, 5.41) is 9.40. The van der Waals surface area contributed by atoms with Crippen molar-refractivity contribution >= 4 is 8.32 Å². The minimum Gasteiger partial charge on any atom is -0.490 e. The number of nitriles is 1. The lowest BCUT2D eigenvalue weighted by Crippen LogP contribution is -2.50. The van der Waals surface area contributed by atoms with Gasteiger partial charge in [0.15, 0.2) is 8.32 Å². The predicted octanol–water partition coefficient (Wildman–Crippen LogP) is 5.79. The molecule has 0 atom stereocenters. The largest absolute Gasteiger partial charge is 0.490 e. The molecule has 138 valence electrons. The van der Waals surface area contributed by atoms with E-state index >= 15 is 0 Å². The monoisotopic (exact) mass is 359 g/mol. The molecule has 0 saturated heterocycles. The van der Waals surface area contributed by atoms with Crippen LogP contribution in [0.25, 0.3) is 0 Å². The van der Waals surface area contributed by atoms with Gasteiger partial charge in [-0.25, -0.2) is 0 Å². The molecule has 1 fully saturated rings. The quantitative estimate of drug-likeness (QED) is 0.639. The van der Waals surface area contributed by atoms with Gasteiger partial charge in [0.1, 0.15) is 11.9 Å². The van der Waals surface area contributed by atoms with E-state index in [1.807, 2.05) is 18.2 Å².